The van der Waals surface area contributed by atoms with Crippen LogP contribution in [0.5, 0.6) is 5.75 Å². The van der Waals surface area contributed by atoms with Crippen LogP contribution in [0.4, 0.5) is 4.39 Å². The predicted octanol–water partition coefficient (Wildman–Crippen LogP) is 1.53. The van der Waals surface area contributed by atoms with E-state index in [9.17, 15) is 14.0 Å². The number of halogens is 1. The number of hydrogen-bond acceptors (Lipinski definition) is 3. The Bertz CT molecular complexity index is 444. The average Bonchev–Trinajstić information content (AvgIpc) is 2.34. The van der Waals surface area contributed by atoms with Gasteiger partial charge in [-0.15, -0.1) is 0 Å². The van der Waals surface area contributed by atoms with Gasteiger partial charge in [0, 0.05) is 6.04 Å². The molecule has 0 bridgehead atoms. The number of carbonyl (C=O) groups is 2. The minimum atomic E-state index is -1.08. The highest BCUT2D eigenvalue weighted by Crippen LogP contribution is 2.11. The Balaban J connectivity index is 2.57. The summed E-state index contributed by atoms with van der Waals surface area (Å²) in [5, 5.41) is 8.72. The molecular formula is C13H16FNO4. The van der Waals surface area contributed by atoms with Gasteiger partial charge in [-0.3, -0.25) is 9.59 Å². The molecule has 1 aromatic carbocycles. The highest BCUT2D eigenvalue weighted by molar-refractivity contribution is 5.82. The molecule has 0 aliphatic heterocycles. The topological polar surface area (TPSA) is 66.8 Å². The van der Waals surface area contributed by atoms with Crippen LogP contribution in [0.3, 0.4) is 0 Å². The number of hydrogen-bond donors (Lipinski definition) is 1. The SMILES string of the molecule is CC(C)N(CC(=O)O)C(=O)COc1ccc(F)cc1. The molecule has 19 heavy (non-hydrogen) atoms. The van der Waals surface area contributed by atoms with Crippen molar-refractivity contribution in [1.82, 2.24) is 4.90 Å². The lowest BCUT2D eigenvalue weighted by molar-refractivity contribution is -0.146. The van der Waals surface area contributed by atoms with Crippen LogP contribution in [0, 0.1) is 5.82 Å². The number of aliphatic carboxylic acids is 1. The van der Waals surface area contributed by atoms with E-state index in [2.05, 4.69) is 0 Å². The molecule has 0 heterocycles. The summed E-state index contributed by atoms with van der Waals surface area (Å²) < 4.78 is 17.9. The van der Waals surface area contributed by atoms with E-state index in [-0.39, 0.29) is 19.2 Å². The Kier molecular flexibility index (Phi) is 5.29. The van der Waals surface area contributed by atoms with E-state index in [0.717, 1.165) is 0 Å². The van der Waals surface area contributed by atoms with Gasteiger partial charge in [-0.25, -0.2) is 4.39 Å². The molecule has 0 saturated heterocycles. The largest absolute Gasteiger partial charge is 0.484 e. The molecule has 1 N–H and O–H groups in total. The highest BCUT2D eigenvalue weighted by atomic mass is 19.1. The minimum absolute atomic E-state index is 0.236. The lowest BCUT2D eigenvalue weighted by Gasteiger charge is -2.24. The predicted molar refractivity (Wildman–Crippen MR) is 66.4 cm³/mol. The zero-order valence-corrected chi connectivity index (χ0v) is 10.8. The van der Waals surface area contributed by atoms with Gasteiger partial charge < -0.3 is 14.7 Å². The normalized spacial score (nSPS) is 10.3. The van der Waals surface area contributed by atoms with Crippen molar-refractivity contribution in [3.63, 3.8) is 0 Å². The Hall–Kier alpha value is -2.11. The number of benzene rings is 1. The number of carboxylic acids is 1. The van der Waals surface area contributed by atoms with Crippen molar-refractivity contribution in [2.24, 2.45) is 0 Å². The summed E-state index contributed by atoms with van der Waals surface area (Å²) in [6.45, 7) is 2.79. The van der Waals surface area contributed by atoms with Crippen molar-refractivity contribution >= 4 is 11.9 Å². The molecule has 0 aliphatic carbocycles. The van der Waals surface area contributed by atoms with Crippen molar-refractivity contribution in [2.45, 2.75) is 19.9 Å². The zero-order chi connectivity index (χ0) is 14.4. The van der Waals surface area contributed by atoms with Crippen LogP contribution >= 0.6 is 0 Å². The fourth-order valence-corrected chi connectivity index (χ4v) is 1.46. The van der Waals surface area contributed by atoms with Crippen LogP contribution in [0.15, 0.2) is 24.3 Å². The van der Waals surface area contributed by atoms with Crippen molar-refractivity contribution in [3.05, 3.63) is 30.1 Å². The van der Waals surface area contributed by atoms with E-state index in [1.807, 2.05) is 0 Å². The molecule has 6 heteroatoms. The smallest absolute Gasteiger partial charge is 0.323 e. The maximum absolute atomic E-state index is 12.7. The van der Waals surface area contributed by atoms with E-state index in [1.165, 1.54) is 29.2 Å². The summed E-state index contributed by atoms with van der Waals surface area (Å²) in [6, 6.07) is 5.01. The first-order valence-electron chi connectivity index (χ1n) is 5.79. The Morgan fingerprint density at radius 2 is 1.89 bits per heavy atom. The second-order valence-electron chi connectivity index (χ2n) is 4.25. The number of nitrogens with zero attached hydrogens (tertiary/aromatic N) is 1. The first-order valence-corrected chi connectivity index (χ1v) is 5.79. The van der Waals surface area contributed by atoms with E-state index in [0.29, 0.717) is 5.75 Å². The van der Waals surface area contributed by atoms with Crippen LogP contribution in [0.2, 0.25) is 0 Å². The second kappa shape index (κ2) is 6.72. The van der Waals surface area contributed by atoms with Crippen molar-refractivity contribution in [1.29, 1.82) is 0 Å². The number of carboxylic acid groups (broad SMARTS) is 1. The Morgan fingerprint density at radius 3 is 2.37 bits per heavy atom. The molecule has 0 unspecified atom stereocenters. The van der Waals surface area contributed by atoms with Crippen molar-refractivity contribution < 1.29 is 23.8 Å². The standard InChI is InChI=1S/C13H16FNO4/c1-9(2)15(7-13(17)18)12(16)8-19-11-5-3-10(14)4-6-11/h3-6,9H,7-8H2,1-2H3,(H,17,18). The van der Waals surface area contributed by atoms with Crippen LogP contribution in [0.25, 0.3) is 0 Å². The van der Waals surface area contributed by atoms with Gasteiger partial charge in [0.2, 0.25) is 0 Å². The Morgan fingerprint density at radius 1 is 1.32 bits per heavy atom. The van der Waals surface area contributed by atoms with Crippen molar-refractivity contribution in [3.8, 4) is 5.75 Å². The van der Waals surface area contributed by atoms with E-state index < -0.39 is 17.7 Å². The summed E-state index contributed by atoms with van der Waals surface area (Å²) >= 11 is 0. The first kappa shape index (κ1) is 14.9. The van der Waals surface area contributed by atoms with Gasteiger partial charge in [-0.2, -0.15) is 0 Å². The third-order valence-electron chi connectivity index (χ3n) is 2.43. The third kappa shape index (κ3) is 4.95. The van der Waals surface area contributed by atoms with Gasteiger partial charge >= 0.3 is 5.97 Å². The molecule has 0 fully saturated rings. The van der Waals surface area contributed by atoms with Crippen LogP contribution in [0.1, 0.15) is 13.8 Å². The maximum Gasteiger partial charge on any atom is 0.323 e. The number of rotatable bonds is 6. The fourth-order valence-electron chi connectivity index (χ4n) is 1.46. The fraction of sp³-hybridized carbons (Fsp3) is 0.385. The van der Waals surface area contributed by atoms with Crippen LogP contribution < -0.4 is 4.74 Å². The van der Waals surface area contributed by atoms with Crippen LogP contribution in [-0.4, -0.2) is 41.1 Å². The van der Waals surface area contributed by atoms with Crippen LogP contribution in [-0.2, 0) is 9.59 Å². The van der Waals surface area contributed by atoms with E-state index >= 15 is 0 Å². The Labute approximate surface area is 110 Å². The molecule has 0 radical (unpaired) electrons. The summed E-state index contributed by atoms with van der Waals surface area (Å²) in [5.41, 5.74) is 0. The number of carbonyl (C=O) groups excluding carboxylic acids is 1. The van der Waals surface area contributed by atoms with Gasteiger partial charge in [0.15, 0.2) is 6.61 Å². The van der Waals surface area contributed by atoms with E-state index in [1.54, 1.807) is 13.8 Å². The summed E-state index contributed by atoms with van der Waals surface area (Å²) in [5.74, 6) is -1.55. The molecule has 0 aromatic heterocycles. The molecule has 0 aliphatic rings. The first-order chi connectivity index (χ1) is 8.90. The molecule has 0 spiro atoms. The molecule has 0 saturated carbocycles. The maximum atomic E-state index is 12.7. The molecule has 0 atom stereocenters. The molecule has 1 rings (SSSR count). The van der Waals surface area contributed by atoms with Gasteiger partial charge in [0.25, 0.3) is 5.91 Å². The lowest BCUT2D eigenvalue weighted by Crippen LogP contribution is -2.43. The number of ether oxygens (including phenoxy) is 1. The molecule has 5 nitrogen and oxygen atoms in total. The molecule has 104 valence electrons. The summed E-state index contributed by atoms with van der Waals surface area (Å²) in [7, 11) is 0. The van der Waals surface area contributed by atoms with Crippen molar-refractivity contribution in [2.75, 3.05) is 13.2 Å². The lowest BCUT2D eigenvalue weighted by atomic mass is 10.3. The highest BCUT2D eigenvalue weighted by Gasteiger charge is 2.20. The van der Waals surface area contributed by atoms with Gasteiger partial charge in [-0.05, 0) is 38.1 Å². The molecular weight excluding hydrogens is 253 g/mol. The molecule has 1 aromatic rings. The monoisotopic (exact) mass is 269 g/mol. The second-order valence-corrected chi connectivity index (χ2v) is 4.25. The molecule has 1 amide bonds. The average molecular weight is 269 g/mol. The van der Waals surface area contributed by atoms with Gasteiger partial charge in [0.05, 0.1) is 0 Å². The third-order valence-corrected chi connectivity index (χ3v) is 2.43. The number of amides is 1. The summed E-state index contributed by atoms with van der Waals surface area (Å²) in [6.07, 6.45) is 0. The van der Waals surface area contributed by atoms with Gasteiger partial charge in [0.1, 0.15) is 18.1 Å². The summed E-state index contributed by atoms with van der Waals surface area (Å²) in [4.78, 5) is 23.7. The zero-order valence-electron chi connectivity index (χ0n) is 10.8. The van der Waals surface area contributed by atoms with E-state index in [4.69, 9.17) is 9.84 Å². The minimum Gasteiger partial charge on any atom is -0.484 e. The quantitative estimate of drug-likeness (QED) is 0.850. The van der Waals surface area contributed by atoms with Gasteiger partial charge in [-0.1, -0.05) is 0 Å².